The van der Waals surface area contributed by atoms with Gasteiger partial charge in [-0.05, 0) is 41.5 Å². The van der Waals surface area contributed by atoms with Crippen molar-refractivity contribution in [2.75, 3.05) is 41.6 Å². The lowest BCUT2D eigenvalue weighted by Crippen LogP contribution is -2.27. The van der Waals surface area contributed by atoms with Gasteiger partial charge in [0.1, 0.15) is 0 Å². The highest BCUT2D eigenvalue weighted by Gasteiger charge is 2.13. The second-order valence-electron chi connectivity index (χ2n) is 6.54. The summed E-state index contributed by atoms with van der Waals surface area (Å²) in [5, 5.41) is 2.75. The molecular weight excluding hydrogens is 436 g/mol. The number of amides is 1. The van der Waals surface area contributed by atoms with Gasteiger partial charge in [0.2, 0.25) is 21.7 Å². The molecule has 10 heteroatoms. The summed E-state index contributed by atoms with van der Waals surface area (Å²) in [4.78, 5) is 12.3. The van der Waals surface area contributed by atoms with Crippen LogP contribution < -0.4 is 24.2 Å². The molecule has 1 amide bonds. The van der Waals surface area contributed by atoms with Crippen LogP contribution in [0.1, 0.15) is 11.1 Å². The van der Waals surface area contributed by atoms with Crippen molar-refractivity contribution in [1.29, 1.82) is 0 Å². The summed E-state index contributed by atoms with van der Waals surface area (Å²) in [5.41, 5.74) is 1.46. The Morgan fingerprint density at radius 1 is 0.969 bits per heavy atom. The number of ether oxygens (including phenoxy) is 4. The summed E-state index contributed by atoms with van der Waals surface area (Å²) in [7, 11) is 2.46. The molecular formula is C22H28N2O7S. The van der Waals surface area contributed by atoms with Crippen molar-refractivity contribution in [2.45, 2.75) is 11.4 Å². The molecule has 9 nitrogen and oxygen atoms in total. The van der Waals surface area contributed by atoms with Crippen LogP contribution in [-0.4, -0.2) is 55.9 Å². The molecule has 174 valence electrons. The number of hydrogen-bond donors (Lipinski definition) is 2. The number of benzene rings is 2. The van der Waals surface area contributed by atoms with Crippen LogP contribution in [0, 0.1) is 0 Å². The summed E-state index contributed by atoms with van der Waals surface area (Å²) in [5.74, 6) is 1.13. The third-order valence-electron chi connectivity index (χ3n) is 4.41. The first-order valence-corrected chi connectivity index (χ1v) is 11.2. The van der Waals surface area contributed by atoms with Crippen LogP contribution in [0.4, 0.5) is 0 Å². The molecule has 2 aromatic carbocycles. The predicted molar refractivity (Wildman–Crippen MR) is 120 cm³/mol. The van der Waals surface area contributed by atoms with E-state index in [2.05, 4.69) is 10.0 Å². The fourth-order valence-electron chi connectivity index (χ4n) is 2.77. The topological polar surface area (TPSA) is 112 Å². The molecule has 0 aliphatic rings. The molecule has 2 N–H and O–H groups in total. The minimum absolute atomic E-state index is 0.144. The summed E-state index contributed by atoms with van der Waals surface area (Å²) < 4.78 is 47.5. The SMILES string of the molecule is COCCNS(=O)(=O)c1ccc(CNC(=O)/C=C/c2cc(OC)c(OC)c(OC)c2)cc1. The van der Waals surface area contributed by atoms with Crippen LogP contribution in [0.3, 0.4) is 0 Å². The highest BCUT2D eigenvalue weighted by molar-refractivity contribution is 7.89. The van der Waals surface area contributed by atoms with Gasteiger partial charge in [0.25, 0.3) is 0 Å². The van der Waals surface area contributed by atoms with Crippen molar-refractivity contribution in [3.8, 4) is 17.2 Å². The molecule has 0 saturated heterocycles. The maximum atomic E-state index is 12.2. The predicted octanol–water partition coefficient (Wildman–Crippen LogP) is 1.97. The third-order valence-corrected chi connectivity index (χ3v) is 5.89. The Kier molecular flexibility index (Phi) is 9.51. The van der Waals surface area contributed by atoms with Gasteiger partial charge < -0.3 is 24.3 Å². The van der Waals surface area contributed by atoms with E-state index in [0.29, 0.717) is 22.8 Å². The maximum Gasteiger partial charge on any atom is 0.244 e. The van der Waals surface area contributed by atoms with E-state index in [1.54, 1.807) is 30.3 Å². The number of hydrogen-bond acceptors (Lipinski definition) is 7. The third kappa shape index (κ3) is 6.98. The van der Waals surface area contributed by atoms with E-state index in [9.17, 15) is 13.2 Å². The second-order valence-corrected chi connectivity index (χ2v) is 8.31. The van der Waals surface area contributed by atoms with E-state index in [1.807, 2.05) is 0 Å². The van der Waals surface area contributed by atoms with Crippen molar-refractivity contribution in [2.24, 2.45) is 0 Å². The first kappa shape index (κ1) is 25.2. The number of carbonyl (C=O) groups excluding carboxylic acids is 1. The molecule has 0 fully saturated rings. The fraction of sp³-hybridized carbons (Fsp3) is 0.318. The zero-order valence-corrected chi connectivity index (χ0v) is 19.3. The van der Waals surface area contributed by atoms with Crippen molar-refractivity contribution in [1.82, 2.24) is 10.0 Å². The normalized spacial score (nSPS) is 11.4. The lowest BCUT2D eigenvalue weighted by molar-refractivity contribution is -0.116. The molecule has 0 radical (unpaired) electrons. The second kappa shape index (κ2) is 12.1. The zero-order chi connectivity index (χ0) is 23.6. The molecule has 0 bridgehead atoms. The molecule has 0 saturated carbocycles. The van der Waals surface area contributed by atoms with Gasteiger partial charge in [-0.25, -0.2) is 13.1 Å². The van der Waals surface area contributed by atoms with Gasteiger partial charge in [0.05, 0.1) is 32.8 Å². The molecule has 32 heavy (non-hydrogen) atoms. The molecule has 0 aromatic heterocycles. The minimum Gasteiger partial charge on any atom is -0.493 e. The molecule has 0 aliphatic heterocycles. The molecule has 2 rings (SSSR count). The van der Waals surface area contributed by atoms with Gasteiger partial charge in [-0.3, -0.25) is 4.79 Å². The van der Waals surface area contributed by atoms with E-state index in [1.165, 1.54) is 46.6 Å². The van der Waals surface area contributed by atoms with Crippen LogP contribution in [0.2, 0.25) is 0 Å². The Labute approximate surface area is 188 Å². The smallest absolute Gasteiger partial charge is 0.244 e. The Morgan fingerprint density at radius 3 is 2.12 bits per heavy atom. The fourth-order valence-corrected chi connectivity index (χ4v) is 3.78. The average molecular weight is 465 g/mol. The van der Waals surface area contributed by atoms with Gasteiger partial charge in [0, 0.05) is 26.3 Å². The van der Waals surface area contributed by atoms with E-state index < -0.39 is 10.0 Å². The Morgan fingerprint density at radius 2 is 1.59 bits per heavy atom. The van der Waals surface area contributed by atoms with E-state index >= 15 is 0 Å². The average Bonchev–Trinajstić information content (AvgIpc) is 2.80. The zero-order valence-electron chi connectivity index (χ0n) is 18.5. The molecule has 0 atom stereocenters. The quantitative estimate of drug-likeness (QED) is 0.365. The molecule has 0 heterocycles. The van der Waals surface area contributed by atoms with Crippen molar-refractivity contribution in [3.05, 3.63) is 53.6 Å². The number of methoxy groups -OCH3 is 4. The van der Waals surface area contributed by atoms with Crippen molar-refractivity contribution >= 4 is 22.0 Å². The van der Waals surface area contributed by atoms with E-state index in [4.69, 9.17) is 18.9 Å². The first-order chi connectivity index (χ1) is 15.3. The number of sulfonamides is 1. The lowest BCUT2D eigenvalue weighted by Gasteiger charge is -2.12. The Balaban J connectivity index is 1.98. The molecule has 0 spiro atoms. The van der Waals surface area contributed by atoms with Gasteiger partial charge in [-0.15, -0.1) is 0 Å². The minimum atomic E-state index is -3.59. The van der Waals surface area contributed by atoms with Crippen LogP contribution >= 0.6 is 0 Å². The standard InChI is InChI=1S/C22H28N2O7S/c1-28-12-11-24-32(26,27)18-8-5-16(6-9-18)15-23-21(25)10-7-17-13-19(29-2)22(31-4)20(14-17)30-3/h5-10,13-14,24H,11-12,15H2,1-4H3,(H,23,25)/b10-7+. The van der Waals surface area contributed by atoms with Crippen LogP contribution in [0.5, 0.6) is 17.2 Å². The lowest BCUT2D eigenvalue weighted by atomic mass is 10.1. The largest absolute Gasteiger partial charge is 0.493 e. The number of carbonyl (C=O) groups is 1. The first-order valence-electron chi connectivity index (χ1n) is 9.68. The highest BCUT2D eigenvalue weighted by Crippen LogP contribution is 2.38. The summed E-state index contributed by atoms with van der Waals surface area (Å²) in [6.07, 6.45) is 3.01. The van der Waals surface area contributed by atoms with Crippen LogP contribution in [-0.2, 0) is 26.1 Å². The highest BCUT2D eigenvalue weighted by atomic mass is 32.2. The Hall–Kier alpha value is -3.08. The number of rotatable bonds is 12. The number of nitrogens with one attached hydrogen (secondary N) is 2. The molecule has 0 unspecified atom stereocenters. The van der Waals surface area contributed by atoms with Gasteiger partial charge >= 0.3 is 0 Å². The van der Waals surface area contributed by atoms with Crippen LogP contribution in [0.15, 0.2) is 47.4 Å². The molecule has 0 aliphatic carbocycles. The van der Waals surface area contributed by atoms with Gasteiger partial charge in [-0.1, -0.05) is 12.1 Å². The summed E-state index contributed by atoms with van der Waals surface area (Å²) in [6.45, 7) is 0.720. The monoisotopic (exact) mass is 464 g/mol. The van der Waals surface area contributed by atoms with Crippen molar-refractivity contribution in [3.63, 3.8) is 0 Å². The van der Waals surface area contributed by atoms with Gasteiger partial charge in [0.15, 0.2) is 11.5 Å². The van der Waals surface area contributed by atoms with Crippen LogP contribution in [0.25, 0.3) is 6.08 Å². The molecule has 2 aromatic rings. The summed E-state index contributed by atoms with van der Waals surface area (Å²) in [6, 6.07) is 9.73. The van der Waals surface area contributed by atoms with Gasteiger partial charge in [-0.2, -0.15) is 0 Å². The Bertz CT molecular complexity index is 1010. The summed E-state index contributed by atoms with van der Waals surface area (Å²) >= 11 is 0. The van der Waals surface area contributed by atoms with E-state index in [0.717, 1.165) is 5.56 Å². The van der Waals surface area contributed by atoms with E-state index in [-0.39, 0.29) is 30.5 Å². The maximum absolute atomic E-state index is 12.2. The van der Waals surface area contributed by atoms with Crippen molar-refractivity contribution < 1.29 is 32.2 Å².